The first-order valence-electron chi connectivity index (χ1n) is 6.21. The van der Waals surface area contributed by atoms with Crippen LogP contribution in [-0.4, -0.2) is 5.54 Å². The van der Waals surface area contributed by atoms with Gasteiger partial charge in [-0.25, -0.2) is 8.78 Å². The predicted octanol–water partition coefficient (Wildman–Crippen LogP) is 3.41. The molecule has 0 radical (unpaired) electrons. The van der Waals surface area contributed by atoms with Gasteiger partial charge in [-0.1, -0.05) is 25.8 Å². The molecule has 2 rings (SSSR count). The molecule has 0 aromatic heterocycles. The molecule has 1 aromatic carbocycles. The lowest BCUT2D eigenvalue weighted by molar-refractivity contribution is 0.233. The maximum Gasteiger partial charge on any atom is 0.129 e. The SMILES string of the molecule is CC1CCCC(N)(Cc2ccc(F)cc2F)C1. The Hall–Kier alpha value is -0.960. The molecule has 1 nitrogen and oxygen atoms in total. The Morgan fingerprint density at radius 2 is 2.18 bits per heavy atom. The van der Waals surface area contributed by atoms with Crippen LogP contribution in [0.15, 0.2) is 18.2 Å². The van der Waals surface area contributed by atoms with Crippen molar-refractivity contribution in [2.75, 3.05) is 0 Å². The second-order valence-corrected chi connectivity index (χ2v) is 5.48. The molecule has 2 N–H and O–H groups in total. The number of halogens is 2. The maximum absolute atomic E-state index is 13.6. The fraction of sp³-hybridized carbons (Fsp3) is 0.571. The number of hydrogen-bond donors (Lipinski definition) is 1. The minimum absolute atomic E-state index is 0.323. The first-order valence-corrected chi connectivity index (χ1v) is 6.21. The Balaban J connectivity index is 2.14. The molecule has 2 unspecified atom stereocenters. The van der Waals surface area contributed by atoms with E-state index >= 15 is 0 Å². The van der Waals surface area contributed by atoms with Crippen molar-refractivity contribution < 1.29 is 8.78 Å². The standard InChI is InChI=1S/C14H19F2N/c1-10-3-2-6-14(17,8-10)9-11-4-5-12(15)7-13(11)16/h4-5,7,10H,2-3,6,8-9,17H2,1H3. The molecule has 0 heterocycles. The van der Waals surface area contributed by atoms with Crippen molar-refractivity contribution in [1.82, 2.24) is 0 Å². The summed E-state index contributed by atoms with van der Waals surface area (Å²) < 4.78 is 26.4. The van der Waals surface area contributed by atoms with Gasteiger partial charge in [-0.3, -0.25) is 0 Å². The molecule has 1 fully saturated rings. The van der Waals surface area contributed by atoms with E-state index in [4.69, 9.17) is 5.73 Å². The van der Waals surface area contributed by atoms with Gasteiger partial charge >= 0.3 is 0 Å². The predicted molar refractivity (Wildman–Crippen MR) is 64.6 cm³/mol. The first kappa shape index (κ1) is 12.5. The number of hydrogen-bond acceptors (Lipinski definition) is 1. The molecule has 0 saturated heterocycles. The van der Waals surface area contributed by atoms with Gasteiger partial charge in [0.2, 0.25) is 0 Å². The van der Waals surface area contributed by atoms with Crippen molar-refractivity contribution in [3.8, 4) is 0 Å². The molecule has 1 aliphatic carbocycles. The van der Waals surface area contributed by atoms with Gasteiger partial charge in [-0.2, -0.15) is 0 Å². The fourth-order valence-corrected chi connectivity index (χ4v) is 2.91. The van der Waals surface area contributed by atoms with Crippen molar-refractivity contribution in [1.29, 1.82) is 0 Å². The van der Waals surface area contributed by atoms with E-state index in [0.29, 0.717) is 17.9 Å². The number of rotatable bonds is 2. The average Bonchev–Trinajstić information content (AvgIpc) is 2.22. The van der Waals surface area contributed by atoms with E-state index in [9.17, 15) is 8.78 Å². The molecule has 94 valence electrons. The summed E-state index contributed by atoms with van der Waals surface area (Å²) in [6.45, 7) is 2.18. The van der Waals surface area contributed by atoms with E-state index < -0.39 is 11.6 Å². The van der Waals surface area contributed by atoms with Crippen LogP contribution in [0.4, 0.5) is 8.78 Å². The van der Waals surface area contributed by atoms with Gasteiger partial charge < -0.3 is 5.73 Å². The van der Waals surface area contributed by atoms with Gasteiger partial charge in [-0.05, 0) is 36.8 Å². The Morgan fingerprint density at radius 1 is 1.41 bits per heavy atom. The number of nitrogens with two attached hydrogens (primary N) is 1. The zero-order valence-corrected chi connectivity index (χ0v) is 10.2. The lowest BCUT2D eigenvalue weighted by atomic mass is 9.74. The summed E-state index contributed by atoms with van der Waals surface area (Å²) in [5, 5.41) is 0. The van der Waals surface area contributed by atoms with Gasteiger partial charge in [0.15, 0.2) is 0 Å². The monoisotopic (exact) mass is 239 g/mol. The molecule has 0 aliphatic heterocycles. The molecular formula is C14H19F2N. The average molecular weight is 239 g/mol. The van der Waals surface area contributed by atoms with Crippen LogP contribution in [-0.2, 0) is 6.42 Å². The Morgan fingerprint density at radius 3 is 2.82 bits per heavy atom. The van der Waals surface area contributed by atoms with E-state index in [-0.39, 0.29) is 5.54 Å². The largest absolute Gasteiger partial charge is 0.325 e. The van der Waals surface area contributed by atoms with E-state index in [2.05, 4.69) is 6.92 Å². The van der Waals surface area contributed by atoms with E-state index in [0.717, 1.165) is 25.3 Å². The molecule has 17 heavy (non-hydrogen) atoms. The highest BCUT2D eigenvalue weighted by molar-refractivity contribution is 5.21. The van der Waals surface area contributed by atoms with Crippen LogP contribution < -0.4 is 5.73 Å². The van der Waals surface area contributed by atoms with Crippen molar-refractivity contribution in [2.45, 2.75) is 44.6 Å². The highest BCUT2D eigenvalue weighted by Crippen LogP contribution is 2.33. The second kappa shape index (κ2) is 4.73. The molecule has 0 amide bonds. The molecule has 3 heteroatoms. The highest BCUT2D eigenvalue weighted by Gasteiger charge is 2.31. The fourth-order valence-electron chi connectivity index (χ4n) is 2.91. The van der Waals surface area contributed by atoms with Crippen LogP contribution in [0.25, 0.3) is 0 Å². The lowest BCUT2D eigenvalue weighted by Gasteiger charge is -2.37. The highest BCUT2D eigenvalue weighted by atomic mass is 19.1. The van der Waals surface area contributed by atoms with Crippen LogP contribution in [0.1, 0.15) is 38.2 Å². The van der Waals surface area contributed by atoms with Gasteiger partial charge in [0.1, 0.15) is 11.6 Å². The minimum atomic E-state index is -0.533. The third-order valence-electron chi connectivity index (χ3n) is 3.68. The Kier molecular flexibility index (Phi) is 3.48. The molecule has 1 aliphatic rings. The minimum Gasteiger partial charge on any atom is -0.325 e. The quantitative estimate of drug-likeness (QED) is 0.840. The molecule has 1 aromatic rings. The molecule has 0 spiro atoms. The van der Waals surface area contributed by atoms with Gasteiger partial charge in [0.05, 0.1) is 0 Å². The summed E-state index contributed by atoms with van der Waals surface area (Å²) in [6, 6.07) is 3.75. The summed E-state index contributed by atoms with van der Waals surface area (Å²) in [5.74, 6) is -0.417. The smallest absolute Gasteiger partial charge is 0.129 e. The molecule has 2 atom stereocenters. The number of benzene rings is 1. The Labute approximate surface area is 101 Å². The Bertz CT molecular complexity index is 405. The summed E-state index contributed by atoms with van der Waals surface area (Å²) in [7, 11) is 0. The van der Waals surface area contributed by atoms with Crippen LogP contribution in [0, 0.1) is 17.6 Å². The van der Waals surface area contributed by atoms with Crippen molar-refractivity contribution in [2.24, 2.45) is 11.7 Å². The van der Waals surface area contributed by atoms with Crippen LogP contribution in [0.2, 0.25) is 0 Å². The van der Waals surface area contributed by atoms with Crippen molar-refractivity contribution in [3.05, 3.63) is 35.4 Å². The lowest BCUT2D eigenvalue weighted by Crippen LogP contribution is -2.46. The summed E-state index contributed by atoms with van der Waals surface area (Å²) in [5.41, 5.74) is 6.54. The molecular weight excluding hydrogens is 220 g/mol. The van der Waals surface area contributed by atoms with Crippen LogP contribution in [0.5, 0.6) is 0 Å². The second-order valence-electron chi connectivity index (χ2n) is 5.48. The van der Waals surface area contributed by atoms with Gasteiger partial charge in [-0.15, -0.1) is 0 Å². The normalized spacial score (nSPS) is 29.3. The van der Waals surface area contributed by atoms with E-state index in [1.165, 1.54) is 18.6 Å². The third-order valence-corrected chi connectivity index (χ3v) is 3.68. The first-order chi connectivity index (χ1) is 7.98. The van der Waals surface area contributed by atoms with Crippen molar-refractivity contribution >= 4 is 0 Å². The van der Waals surface area contributed by atoms with E-state index in [1.807, 2.05) is 0 Å². The molecule has 1 saturated carbocycles. The third kappa shape index (κ3) is 3.03. The topological polar surface area (TPSA) is 26.0 Å². The zero-order valence-electron chi connectivity index (χ0n) is 10.2. The summed E-state index contributed by atoms with van der Waals surface area (Å²) in [6.07, 6.45) is 4.65. The van der Waals surface area contributed by atoms with Gasteiger partial charge in [0, 0.05) is 11.6 Å². The van der Waals surface area contributed by atoms with E-state index in [1.54, 1.807) is 0 Å². The molecule has 0 bridgehead atoms. The van der Waals surface area contributed by atoms with Gasteiger partial charge in [0.25, 0.3) is 0 Å². The zero-order chi connectivity index (χ0) is 12.5. The van der Waals surface area contributed by atoms with Crippen molar-refractivity contribution in [3.63, 3.8) is 0 Å². The van der Waals surface area contributed by atoms with Crippen LogP contribution >= 0.6 is 0 Å². The maximum atomic E-state index is 13.6. The van der Waals surface area contributed by atoms with Crippen LogP contribution in [0.3, 0.4) is 0 Å². The summed E-state index contributed by atoms with van der Waals surface area (Å²) >= 11 is 0. The summed E-state index contributed by atoms with van der Waals surface area (Å²) in [4.78, 5) is 0.